The Labute approximate surface area is 193 Å². The zero-order valence-corrected chi connectivity index (χ0v) is 19.6. The number of amides is 1. The van der Waals surface area contributed by atoms with Crippen molar-refractivity contribution < 1.29 is 27.8 Å². The number of rotatable bonds is 7. The molecule has 0 saturated carbocycles. The number of nitrogens with one attached hydrogen (secondary N) is 1. The van der Waals surface area contributed by atoms with Crippen LogP contribution in [0.1, 0.15) is 50.6 Å². The normalized spacial score (nSPS) is 18.2. The molecule has 33 heavy (non-hydrogen) atoms. The number of hydrogen-bond donors (Lipinski definition) is 1. The highest BCUT2D eigenvalue weighted by molar-refractivity contribution is 7.92. The van der Waals surface area contributed by atoms with E-state index in [1.165, 1.54) is 6.07 Å². The summed E-state index contributed by atoms with van der Waals surface area (Å²) in [6.45, 7) is 6.60. The lowest BCUT2D eigenvalue weighted by molar-refractivity contribution is 0.0401. The molecule has 0 spiro atoms. The molecule has 2 aromatic carbocycles. The van der Waals surface area contributed by atoms with E-state index in [9.17, 15) is 26.4 Å². The molecule has 1 N–H and O–H groups in total. The summed E-state index contributed by atoms with van der Waals surface area (Å²) in [6.07, 6.45) is 0.497. The summed E-state index contributed by atoms with van der Waals surface area (Å²) in [6, 6.07) is 7.72. The van der Waals surface area contributed by atoms with Crippen molar-refractivity contribution in [1.29, 1.82) is 0 Å². The predicted molar refractivity (Wildman–Crippen MR) is 123 cm³/mol. The van der Waals surface area contributed by atoms with Crippen LogP contribution in [0.5, 0.6) is 0 Å². The zero-order valence-electron chi connectivity index (χ0n) is 18.8. The number of sulfonamides is 1. The molecule has 0 aromatic heterocycles. The number of carbonyl (C=O) groups excluding carboxylic acids is 1. The van der Waals surface area contributed by atoms with Gasteiger partial charge in [-0.15, -0.1) is 0 Å². The number of piperazine rings is 1. The minimum absolute atomic E-state index is 0. The third kappa shape index (κ3) is 5.67. The van der Waals surface area contributed by atoms with E-state index in [1.807, 2.05) is 11.8 Å². The average molecular weight is 486 g/mol. The fourth-order valence-corrected chi connectivity index (χ4v) is 5.18. The molecule has 3 rings (SSSR count). The SMILES string of the molecule is CCCS(=O)(=O)Nc1ccc(C(=O)N2CCN(C(C)c3ccc(F)c(F)c3F)C[C@H]2C)cc1.[HH]. The Hall–Kier alpha value is -2.59. The van der Waals surface area contributed by atoms with E-state index in [4.69, 9.17) is 0 Å². The summed E-state index contributed by atoms with van der Waals surface area (Å²) >= 11 is 0. The molecule has 1 aliphatic rings. The van der Waals surface area contributed by atoms with Gasteiger partial charge in [0.2, 0.25) is 10.0 Å². The maximum Gasteiger partial charge on any atom is 0.254 e. The van der Waals surface area contributed by atoms with Crippen molar-refractivity contribution in [1.82, 2.24) is 9.80 Å². The van der Waals surface area contributed by atoms with Crippen LogP contribution in [0.2, 0.25) is 0 Å². The van der Waals surface area contributed by atoms with Crippen molar-refractivity contribution in [2.24, 2.45) is 0 Å². The molecule has 1 aliphatic heterocycles. The highest BCUT2D eigenvalue weighted by Crippen LogP contribution is 2.28. The molecule has 182 valence electrons. The van der Waals surface area contributed by atoms with Gasteiger partial charge in [-0.3, -0.25) is 14.4 Å². The Kier molecular flexibility index (Phi) is 7.69. The summed E-state index contributed by atoms with van der Waals surface area (Å²) in [7, 11) is -3.41. The third-order valence-electron chi connectivity index (χ3n) is 5.86. The van der Waals surface area contributed by atoms with Crippen LogP contribution in [0.3, 0.4) is 0 Å². The maximum absolute atomic E-state index is 14.2. The van der Waals surface area contributed by atoms with Gasteiger partial charge in [0.05, 0.1) is 5.75 Å². The molecule has 0 radical (unpaired) electrons. The number of carbonyl (C=O) groups is 1. The molecule has 2 atom stereocenters. The second-order valence-corrected chi connectivity index (χ2v) is 10.1. The second kappa shape index (κ2) is 10.1. The summed E-state index contributed by atoms with van der Waals surface area (Å²) < 4.78 is 67.4. The van der Waals surface area contributed by atoms with Gasteiger partial charge in [-0.25, -0.2) is 21.6 Å². The first-order valence-electron chi connectivity index (χ1n) is 10.8. The van der Waals surface area contributed by atoms with Crippen LogP contribution in [0, 0.1) is 17.5 Å². The molecule has 0 aliphatic carbocycles. The standard InChI is InChI=1S/C23H28F3N3O3S.H2/c1-4-13-33(31,32)27-18-7-5-17(6-8-18)23(30)29-12-11-28(14-15(29)2)16(3)19-9-10-20(24)22(26)21(19)25;/h5-10,15-16,27H,4,11-14H2,1-3H3;1H/t15-,16?;/m1./s1. The molecule has 2 aromatic rings. The monoisotopic (exact) mass is 485 g/mol. The molecule has 1 heterocycles. The van der Waals surface area contributed by atoms with E-state index in [2.05, 4.69) is 4.72 Å². The molecule has 1 amide bonds. The van der Waals surface area contributed by atoms with Gasteiger partial charge in [-0.1, -0.05) is 13.0 Å². The van der Waals surface area contributed by atoms with Crippen LogP contribution in [-0.2, 0) is 10.0 Å². The van der Waals surface area contributed by atoms with Crippen molar-refractivity contribution in [2.45, 2.75) is 39.3 Å². The largest absolute Gasteiger partial charge is 0.333 e. The first kappa shape index (κ1) is 25.0. The topological polar surface area (TPSA) is 69.7 Å². The molecule has 1 saturated heterocycles. The highest BCUT2D eigenvalue weighted by atomic mass is 32.2. The summed E-state index contributed by atoms with van der Waals surface area (Å²) in [4.78, 5) is 16.6. The van der Waals surface area contributed by atoms with Gasteiger partial charge in [0.15, 0.2) is 17.5 Å². The van der Waals surface area contributed by atoms with E-state index >= 15 is 0 Å². The van der Waals surface area contributed by atoms with E-state index in [0.717, 1.165) is 6.07 Å². The molecule has 10 heteroatoms. The number of benzene rings is 2. The number of hydrogen-bond acceptors (Lipinski definition) is 4. The van der Waals surface area contributed by atoms with Crippen LogP contribution < -0.4 is 4.72 Å². The zero-order chi connectivity index (χ0) is 24.3. The van der Waals surface area contributed by atoms with Crippen molar-refractivity contribution in [3.05, 3.63) is 65.0 Å². The minimum Gasteiger partial charge on any atom is -0.333 e. The lowest BCUT2D eigenvalue weighted by atomic mass is 10.0. The Morgan fingerprint density at radius 2 is 1.79 bits per heavy atom. The predicted octanol–water partition coefficient (Wildman–Crippen LogP) is 4.41. The van der Waals surface area contributed by atoms with Gasteiger partial charge in [0, 0.05) is 50.0 Å². The molecule has 1 fully saturated rings. The molecule has 0 bridgehead atoms. The fraction of sp³-hybridized carbons (Fsp3) is 0.435. The van der Waals surface area contributed by atoms with Gasteiger partial charge < -0.3 is 4.90 Å². The Morgan fingerprint density at radius 1 is 1.12 bits per heavy atom. The first-order valence-corrected chi connectivity index (χ1v) is 12.5. The van der Waals surface area contributed by atoms with Crippen LogP contribution >= 0.6 is 0 Å². The van der Waals surface area contributed by atoms with E-state index < -0.39 is 33.5 Å². The van der Waals surface area contributed by atoms with Gasteiger partial charge >= 0.3 is 0 Å². The van der Waals surface area contributed by atoms with Crippen molar-refractivity contribution in [3.63, 3.8) is 0 Å². The molecular formula is C23H30F3N3O3S. The van der Waals surface area contributed by atoms with E-state index in [1.54, 1.807) is 43.0 Å². The lowest BCUT2D eigenvalue weighted by Gasteiger charge is -2.42. The number of anilines is 1. The van der Waals surface area contributed by atoms with Gasteiger partial charge in [0.25, 0.3) is 5.91 Å². The van der Waals surface area contributed by atoms with E-state index in [0.29, 0.717) is 37.3 Å². The molecular weight excluding hydrogens is 455 g/mol. The van der Waals surface area contributed by atoms with Crippen LogP contribution in [0.4, 0.5) is 18.9 Å². The maximum atomic E-state index is 14.2. The smallest absolute Gasteiger partial charge is 0.254 e. The van der Waals surface area contributed by atoms with Crippen molar-refractivity contribution in [3.8, 4) is 0 Å². The third-order valence-corrected chi connectivity index (χ3v) is 7.35. The lowest BCUT2D eigenvalue weighted by Crippen LogP contribution is -2.54. The second-order valence-electron chi connectivity index (χ2n) is 8.28. The van der Waals surface area contributed by atoms with E-state index in [-0.39, 0.29) is 24.7 Å². The number of halogens is 3. The average Bonchev–Trinajstić information content (AvgIpc) is 2.77. The first-order chi connectivity index (χ1) is 15.5. The van der Waals surface area contributed by atoms with Crippen LogP contribution in [0.25, 0.3) is 0 Å². The number of nitrogens with zero attached hydrogens (tertiary/aromatic N) is 2. The quantitative estimate of drug-likeness (QED) is 0.590. The minimum atomic E-state index is -3.41. The van der Waals surface area contributed by atoms with Crippen molar-refractivity contribution >= 4 is 21.6 Å². The Morgan fingerprint density at radius 3 is 2.39 bits per heavy atom. The summed E-state index contributed by atoms with van der Waals surface area (Å²) in [5.41, 5.74) is 0.885. The highest BCUT2D eigenvalue weighted by Gasteiger charge is 2.32. The summed E-state index contributed by atoms with van der Waals surface area (Å²) in [5, 5.41) is 0. The molecule has 1 unspecified atom stereocenters. The van der Waals surface area contributed by atoms with Gasteiger partial charge in [-0.05, 0) is 50.6 Å². The van der Waals surface area contributed by atoms with Gasteiger partial charge in [-0.2, -0.15) is 0 Å². The van der Waals surface area contributed by atoms with Crippen molar-refractivity contribution in [2.75, 3.05) is 30.1 Å². The fourth-order valence-electron chi connectivity index (χ4n) is 4.05. The van der Waals surface area contributed by atoms with Gasteiger partial charge in [0.1, 0.15) is 0 Å². The van der Waals surface area contributed by atoms with Crippen LogP contribution in [0.15, 0.2) is 36.4 Å². The van der Waals surface area contributed by atoms with Crippen LogP contribution in [-0.4, -0.2) is 55.6 Å². The molecule has 6 nitrogen and oxygen atoms in total. The summed E-state index contributed by atoms with van der Waals surface area (Å²) in [5.74, 6) is -4.08. The Balaban J connectivity index is 0.00000408. The Bertz CT molecular complexity index is 1120.